The summed E-state index contributed by atoms with van der Waals surface area (Å²) in [6.07, 6.45) is 3.55. The highest BCUT2D eigenvalue weighted by molar-refractivity contribution is 14.1. The quantitative estimate of drug-likeness (QED) is 0.150. The van der Waals surface area contributed by atoms with Gasteiger partial charge in [0.05, 0.1) is 5.69 Å². The van der Waals surface area contributed by atoms with Crippen LogP contribution >= 0.6 is 22.6 Å². The second-order valence-corrected chi connectivity index (χ2v) is 10.5. The Hall–Kier alpha value is -4.50. The van der Waals surface area contributed by atoms with Gasteiger partial charge in [-0.2, -0.15) is 5.10 Å². The highest BCUT2D eigenvalue weighted by atomic mass is 127. The van der Waals surface area contributed by atoms with Gasteiger partial charge in [0.25, 0.3) is 11.8 Å². The largest absolute Gasteiger partial charge is 0.347 e. The van der Waals surface area contributed by atoms with Crippen molar-refractivity contribution < 1.29 is 9.59 Å². The van der Waals surface area contributed by atoms with E-state index in [1.807, 2.05) is 110 Å². The van der Waals surface area contributed by atoms with Crippen molar-refractivity contribution >= 4 is 40.5 Å². The van der Waals surface area contributed by atoms with Crippen molar-refractivity contribution in [3.8, 4) is 16.9 Å². The van der Waals surface area contributed by atoms with Crippen LogP contribution in [0.25, 0.3) is 23.0 Å². The number of nitrogens with zero attached hydrogens (tertiary/aromatic N) is 2. The summed E-state index contributed by atoms with van der Waals surface area (Å²) >= 11 is 2.26. The van der Waals surface area contributed by atoms with Gasteiger partial charge in [0, 0.05) is 33.0 Å². The Morgan fingerprint density at radius 1 is 0.850 bits per heavy atom. The van der Waals surface area contributed by atoms with Gasteiger partial charge < -0.3 is 10.6 Å². The summed E-state index contributed by atoms with van der Waals surface area (Å²) < 4.78 is 2.88. The van der Waals surface area contributed by atoms with Crippen LogP contribution in [0.3, 0.4) is 0 Å². The maximum atomic E-state index is 13.5. The number of hydrogen-bond donors (Lipinski definition) is 2. The summed E-state index contributed by atoms with van der Waals surface area (Å²) in [5.74, 6) is -0.766. The fourth-order valence-electron chi connectivity index (χ4n) is 4.12. The zero-order chi connectivity index (χ0) is 27.9. The average Bonchev–Trinajstić information content (AvgIpc) is 3.41. The molecular formula is C33H27IN4O2. The SMILES string of the molecule is Cc1ccc(C(=O)NC(=Cc2cn(-c3ccccc3)nc2-c2ccc(I)cc2)C(=O)NCc2ccccc2)cc1. The molecule has 0 bridgehead atoms. The predicted octanol–water partition coefficient (Wildman–Crippen LogP) is 6.54. The molecule has 0 aliphatic rings. The molecule has 0 saturated carbocycles. The van der Waals surface area contributed by atoms with Crippen molar-refractivity contribution in [2.75, 3.05) is 0 Å². The number of carbonyl (C=O) groups is 2. The number of aromatic nitrogens is 2. The maximum Gasteiger partial charge on any atom is 0.268 e. The van der Waals surface area contributed by atoms with Crippen LogP contribution in [0.1, 0.15) is 27.0 Å². The molecule has 0 aliphatic heterocycles. The van der Waals surface area contributed by atoms with E-state index in [-0.39, 0.29) is 11.6 Å². The zero-order valence-corrected chi connectivity index (χ0v) is 24.0. The van der Waals surface area contributed by atoms with Crippen molar-refractivity contribution in [3.63, 3.8) is 0 Å². The van der Waals surface area contributed by atoms with Gasteiger partial charge in [-0.1, -0.05) is 78.4 Å². The van der Waals surface area contributed by atoms with Crippen molar-refractivity contribution in [2.24, 2.45) is 0 Å². The Balaban J connectivity index is 1.55. The Morgan fingerprint density at radius 3 is 2.17 bits per heavy atom. The molecule has 0 unspecified atom stereocenters. The van der Waals surface area contributed by atoms with Crippen molar-refractivity contribution in [1.29, 1.82) is 0 Å². The molecule has 5 aromatic rings. The number of carbonyl (C=O) groups excluding carboxylic acids is 2. The fourth-order valence-corrected chi connectivity index (χ4v) is 4.48. The molecule has 198 valence electrons. The number of halogens is 1. The molecule has 5 rings (SSSR count). The van der Waals surface area contributed by atoms with E-state index >= 15 is 0 Å². The maximum absolute atomic E-state index is 13.5. The molecule has 6 nitrogen and oxygen atoms in total. The van der Waals surface area contributed by atoms with E-state index in [2.05, 4.69) is 33.2 Å². The second-order valence-electron chi connectivity index (χ2n) is 9.27. The monoisotopic (exact) mass is 638 g/mol. The second kappa shape index (κ2) is 12.6. The molecule has 2 N–H and O–H groups in total. The first-order valence-corrected chi connectivity index (χ1v) is 13.9. The van der Waals surface area contributed by atoms with E-state index in [0.717, 1.165) is 25.9 Å². The van der Waals surface area contributed by atoms with Crippen molar-refractivity contribution in [3.05, 3.63) is 147 Å². The number of benzene rings is 4. The Labute approximate surface area is 246 Å². The summed E-state index contributed by atoms with van der Waals surface area (Å²) in [5.41, 5.74) is 5.76. The van der Waals surface area contributed by atoms with Gasteiger partial charge in [-0.15, -0.1) is 0 Å². The first-order chi connectivity index (χ1) is 19.5. The third-order valence-corrected chi connectivity index (χ3v) is 7.00. The molecule has 2 amide bonds. The minimum Gasteiger partial charge on any atom is -0.347 e. The molecule has 1 heterocycles. The molecule has 0 fully saturated rings. The number of amides is 2. The van der Waals surface area contributed by atoms with E-state index in [9.17, 15) is 9.59 Å². The zero-order valence-electron chi connectivity index (χ0n) is 21.8. The average molecular weight is 639 g/mol. The van der Waals surface area contributed by atoms with Crippen LogP contribution in [0.2, 0.25) is 0 Å². The Bertz CT molecular complexity index is 1640. The van der Waals surface area contributed by atoms with Gasteiger partial charge in [0.1, 0.15) is 11.4 Å². The molecule has 7 heteroatoms. The predicted molar refractivity (Wildman–Crippen MR) is 167 cm³/mol. The first kappa shape index (κ1) is 27.1. The summed E-state index contributed by atoms with van der Waals surface area (Å²) in [7, 11) is 0. The van der Waals surface area contributed by atoms with Gasteiger partial charge in [-0.3, -0.25) is 9.59 Å². The number of hydrogen-bond acceptors (Lipinski definition) is 3. The summed E-state index contributed by atoms with van der Waals surface area (Å²) in [5, 5.41) is 10.6. The Kier molecular flexibility index (Phi) is 8.51. The van der Waals surface area contributed by atoms with Gasteiger partial charge in [0.15, 0.2) is 0 Å². The number of para-hydroxylation sites is 1. The lowest BCUT2D eigenvalue weighted by Gasteiger charge is -2.12. The van der Waals surface area contributed by atoms with Gasteiger partial charge in [-0.25, -0.2) is 4.68 Å². The van der Waals surface area contributed by atoms with Crippen LogP contribution in [0.4, 0.5) is 0 Å². The number of nitrogens with one attached hydrogen (secondary N) is 2. The Morgan fingerprint density at radius 2 is 1.50 bits per heavy atom. The molecule has 1 aromatic heterocycles. The van der Waals surface area contributed by atoms with Gasteiger partial charge in [-0.05, 0) is 77.6 Å². The van der Waals surface area contributed by atoms with Gasteiger partial charge in [0.2, 0.25) is 0 Å². The lowest BCUT2D eigenvalue weighted by Crippen LogP contribution is -2.34. The van der Waals surface area contributed by atoms with Crippen LogP contribution in [0.15, 0.2) is 121 Å². The molecule has 0 aliphatic carbocycles. The van der Waals surface area contributed by atoms with Crippen LogP contribution in [0, 0.1) is 10.5 Å². The molecule has 0 saturated heterocycles. The molecular weight excluding hydrogens is 611 g/mol. The lowest BCUT2D eigenvalue weighted by molar-refractivity contribution is -0.117. The number of rotatable bonds is 8. The molecule has 4 aromatic carbocycles. The summed E-state index contributed by atoms with van der Waals surface area (Å²) in [6.45, 7) is 2.28. The van der Waals surface area contributed by atoms with E-state index in [1.54, 1.807) is 22.9 Å². The highest BCUT2D eigenvalue weighted by Crippen LogP contribution is 2.26. The highest BCUT2D eigenvalue weighted by Gasteiger charge is 2.18. The molecule has 0 radical (unpaired) electrons. The normalized spacial score (nSPS) is 11.2. The third kappa shape index (κ3) is 6.73. The van der Waals surface area contributed by atoms with E-state index in [1.165, 1.54) is 0 Å². The standard InChI is InChI=1S/C33H27IN4O2/c1-23-12-14-26(15-13-23)32(39)36-30(33(40)35-21-24-8-4-2-5-9-24)20-27-22-38(29-10-6-3-7-11-29)37-31(27)25-16-18-28(34)19-17-25/h2-20,22H,21H2,1H3,(H,35,40)(H,36,39). The van der Waals surface area contributed by atoms with Crippen LogP contribution in [0.5, 0.6) is 0 Å². The summed E-state index contributed by atoms with van der Waals surface area (Å²) in [6, 6.07) is 34.6. The fraction of sp³-hybridized carbons (Fsp3) is 0.0606. The van der Waals surface area contributed by atoms with Crippen LogP contribution in [-0.4, -0.2) is 21.6 Å². The van der Waals surface area contributed by atoms with Crippen LogP contribution in [-0.2, 0) is 11.3 Å². The molecule has 40 heavy (non-hydrogen) atoms. The minimum absolute atomic E-state index is 0.126. The van der Waals surface area contributed by atoms with E-state index in [4.69, 9.17) is 5.10 Å². The van der Waals surface area contributed by atoms with E-state index < -0.39 is 5.91 Å². The van der Waals surface area contributed by atoms with Gasteiger partial charge >= 0.3 is 0 Å². The van der Waals surface area contributed by atoms with E-state index in [0.29, 0.717) is 23.4 Å². The smallest absolute Gasteiger partial charge is 0.268 e. The van der Waals surface area contributed by atoms with Crippen molar-refractivity contribution in [2.45, 2.75) is 13.5 Å². The molecule has 0 spiro atoms. The van der Waals surface area contributed by atoms with Crippen LogP contribution < -0.4 is 10.6 Å². The lowest BCUT2D eigenvalue weighted by atomic mass is 10.1. The van der Waals surface area contributed by atoms with Crippen molar-refractivity contribution in [1.82, 2.24) is 20.4 Å². The third-order valence-electron chi connectivity index (χ3n) is 6.28. The topological polar surface area (TPSA) is 76.0 Å². The first-order valence-electron chi connectivity index (χ1n) is 12.8. The minimum atomic E-state index is -0.398. The summed E-state index contributed by atoms with van der Waals surface area (Å²) in [4.78, 5) is 26.7. The number of aryl methyl sites for hydroxylation is 1. The molecule has 0 atom stereocenters.